The Hall–Kier alpha value is -2.41. The van der Waals surface area contributed by atoms with Crippen LogP contribution in [0.15, 0.2) is 24.3 Å². The first-order valence-electron chi connectivity index (χ1n) is 8.21. The van der Waals surface area contributed by atoms with E-state index < -0.39 is 10.9 Å². The molecule has 0 saturated carbocycles. The highest BCUT2D eigenvalue weighted by Crippen LogP contribution is 2.37. The van der Waals surface area contributed by atoms with Gasteiger partial charge in [-0.2, -0.15) is 11.8 Å². The standard InChI is InChI=1S/C19H22N2O4S/c1-11(2)25-19(22)16-12(3)20-13(4)18(21(23)24)17(16)15-8-6-7-14(9-15)10-26-5/h6-9,11H,10H2,1-5H3. The zero-order chi connectivity index (χ0) is 19.4. The average molecular weight is 374 g/mol. The quantitative estimate of drug-likeness (QED) is 0.414. The number of rotatable bonds is 6. The van der Waals surface area contributed by atoms with Gasteiger partial charge in [-0.05, 0) is 45.1 Å². The molecule has 1 heterocycles. The van der Waals surface area contributed by atoms with Crippen LogP contribution in [0.3, 0.4) is 0 Å². The van der Waals surface area contributed by atoms with Gasteiger partial charge in [-0.3, -0.25) is 15.1 Å². The van der Waals surface area contributed by atoms with Crippen molar-refractivity contribution in [3.05, 3.63) is 56.9 Å². The molecule has 1 aromatic carbocycles. The molecular weight excluding hydrogens is 352 g/mol. The molecule has 7 heteroatoms. The van der Waals surface area contributed by atoms with Crippen molar-refractivity contribution in [3.8, 4) is 11.1 Å². The Balaban J connectivity index is 2.81. The number of esters is 1. The molecule has 0 atom stereocenters. The van der Waals surface area contributed by atoms with Gasteiger partial charge < -0.3 is 4.74 Å². The van der Waals surface area contributed by atoms with Crippen LogP contribution in [0.4, 0.5) is 5.69 Å². The lowest BCUT2D eigenvalue weighted by Crippen LogP contribution is -2.16. The Morgan fingerprint density at radius 1 is 1.31 bits per heavy atom. The highest BCUT2D eigenvalue weighted by Gasteiger charge is 2.30. The third-order valence-electron chi connectivity index (χ3n) is 3.78. The van der Waals surface area contributed by atoms with Crippen molar-refractivity contribution in [3.63, 3.8) is 0 Å². The maximum absolute atomic E-state index is 12.7. The molecule has 2 rings (SSSR count). The maximum Gasteiger partial charge on any atom is 0.341 e. The molecule has 0 radical (unpaired) electrons. The van der Waals surface area contributed by atoms with Gasteiger partial charge in [0.05, 0.1) is 27.8 Å². The zero-order valence-corrected chi connectivity index (χ0v) is 16.3. The lowest BCUT2D eigenvalue weighted by molar-refractivity contribution is -0.385. The van der Waals surface area contributed by atoms with Gasteiger partial charge in [0.25, 0.3) is 5.69 Å². The van der Waals surface area contributed by atoms with E-state index in [0.717, 1.165) is 11.3 Å². The predicted molar refractivity (Wildman–Crippen MR) is 104 cm³/mol. The van der Waals surface area contributed by atoms with Crippen LogP contribution in [-0.4, -0.2) is 28.2 Å². The summed E-state index contributed by atoms with van der Waals surface area (Å²) in [5.74, 6) is 0.176. The molecule has 0 unspecified atom stereocenters. The molecular formula is C19H22N2O4S. The molecule has 0 aliphatic heterocycles. The molecule has 1 aromatic heterocycles. The van der Waals surface area contributed by atoms with Gasteiger partial charge in [0, 0.05) is 5.75 Å². The number of aryl methyl sites for hydroxylation is 2. The summed E-state index contributed by atoms with van der Waals surface area (Å²) >= 11 is 1.66. The third kappa shape index (κ3) is 4.22. The molecule has 0 N–H and O–H groups in total. The Labute approximate surface area is 157 Å². The van der Waals surface area contributed by atoms with Crippen LogP contribution in [0.2, 0.25) is 0 Å². The molecule has 2 aromatic rings. The number of pyridine rings is 1. The van der Waals surface area contributed by atoms with Crippen molar-refractivity contribution in [2.45, 2.75) is 39.6 Å². The van der Waals surface area contributed by atoms with Crippen molar-refractivity contribution in [2.75, 3.05) is 6.26 Å². The van der Waals surface area contributed by atoms with E-state index in [1.807, 2.05) is 24.5 Å². The summed E-state index contributed by atoms with van der Waals surface area (Å²) in [6.45, 7) is 6.73. The topological polar surface area (TPSA) is 82.3 Å². The first kappa shape index (κ1) is 19.9. The number of ether oxygens (including phenoxy) is 1. The van der Waals surface area contributed by atoms with Gasteiger partial charge in [0.15, 0.2) is 0 Å². The number of carbonyl (C=O) groups is 1. The Kier molecular flexibility index (Phi) is 6.37. The number of nitrogens with zero attached hydrogens (tertiary/aromatic N) is 2. The minimum atomic E-state index is -0.599. The minimum Gasteiger partial charge on any atom is -0.459 e. The number of hydrogen-bond donors (Lipinski definition) is 0. The second-order valence-electron chi connectivity index (χ2n) is 6.23. The summed E-state index contributed by atoms with van der Waals surface area (Å²) in [6, 6.07) is 7.45. The predicted octanol–water partition coefficient (Wildman–Crippen LogP) is 4.70. The molecule has 0 fully saturated rings. The largest absolute Gasteiger partial charge is 0.459 e. The fraction of sp³-hybridized carbons (Fsp3) is 0.368. The highest BCUT2D eigenvalue weighted by molar-refractivity contribution is 7.97. The van der Waals surface area contributed by atoms with Crippen LogP contribution >= 0.6 is 11.8 Å². The Morgan fingerprint density at radius 3 is 2.58 bits per heavy atom. The van der Waals surface area contributed by atoms with Crippen molar-refractivity contribution in [2.24, 2.45) is 0 Å². The monoisotopic (exact) mass is 374 g/mol. The van der Waals surface area contributed by atoms with E-state index in [1.165, 1.54) is 0 Å². The summed E-state index contributed by atoms with van der Waals surface area (Å²) in [5.41, 5.74) is 2.61. The zero-order valence-electron chi connectivity index (χ0n) is 15.5. The summed E-state index contributed by atoms with van der Waals surface area (Å²) in [5, 5.41) is 11.7. The SMILES string of the molecule is CSCc1cccc(-c2c(C(=O)OC(C)C)c(C)nc(C)c2[N+](=O)[O-])c1. The van der Waals surface area contributed by atoms with Crippen LogP contribution in [-0.2, 0) is 10.5 Å². The highest BCUT2D eigenvalue weighted by atomic mass is 32.2. The van der Waals surface area contributed by atoms with E-state index in [2.05, 4.69) is 4.98 Å². The lowest BCUT2D eigenvalue weighted by atomic mass is 9.95. The van der Waals surface area contributed by atoms with Crippen LogP contribution in [0.25, 0.3) is 11.1 Å². The lowest BCUT2D eigenvalue weighted by Gasteiger charge is -2.16. The fourth-order valence-electron chi connectivity index (χ4n) is 2.85. The average Bonchev–Trinajstić information content (AvgIpc) is 2.53. The van der Waals surface area contributed by atoms with E-state index in [1.54, 1.807) is 45.5 Å². The van der Waals surface area contributed by atoms with Crippen molar-refractivity contribution >= 4 is 23.4 Å². The number of benzene rings is 1. The molecule has 6 nitrogen and oxygen atoms in total. The van der Waals surface area contributed by atoms with Crippen LogP contribution in [0, 0.1) is 24.0 Å². The second-order valence-corrected chi connectivity index (χ2v) is 7.09. The molecule has 0 aliphatic carbocycles. The fourth-order valence-corrected chi connectivity index (χ4v) is 3.36. The van der Waals surface area contributed by atoms with Gasteiger partial charge in [0.1, 0.15) is 5.69 Å². The first-order valence-corrected chi connectivity index (χ1v) is 9.60. The molecule has 0 bridgehead atoms. The number of thioether (sulfide) groups is 1. The van der Waals surface area contributed by atoms with E-state index in [0.29, 0.717) is 11.3 Å². The summed E-state index contributed by atoms with van der Waals surface area (Å²) in [7, 11) is 0. The second kappa shape index (κ2) is 8.31. The summed E-state index contributed by atoms with van der Waals surface area (Å²) in [6.07, 6.45) is 1.65. The maximum atomic E-state index is 12.7. The van der Waals surface area contributed by atoms with Gasteiger partial charge in [0.2, 0.25) is 0 Å². The molecule has 138 valence electrons. The van der Waals surface area contributed by atoms with E-state index in [4.69, 9.17) is 4.74 Å². The number of hydrogen-bond acceptors (Lipinski definition) is 6. The van der Waals surface area contributed by atoms with Gasteiger partial charge in [-0.15, -0.1) is 0 Å². The Morgan fingerprint density at radius 2 is 2.00 bits per heavy atom. The molecule has 0 aliphatic rings. The third-order valence-corrected chi connectivity index (χ3v) is 4.40. The minimum absolute atomic E-state index is 0.150. The normalized spacial score (nSPS) is 10.8. The summed E-state index contributed by atoms with van der Waals surface area (Å²) < 4.78 is 5.33. The summed E-state index contributed by atoms with van der Waals surface area (Å²) in [4.78, 5) is 28.2. The molecule has 26 heavy (non-hydrogen) atoms. The number of aromatic nitrogens is 1. The van der Waals surface area contributed by atoms with Crippen LogP contribution < -0.4 is 0 Å². The van der Waals surface area contributed by atoms with Gasteiger partial charge in [-0.1, -0.05) is 24.3 Å². The van der Waals surface area contributed by atoms with Crippen molar-refractivity contribution in [1.82, 2.24) is 4.98 Å². The van der Waals surface area contributed by atoms with E-state index >= 15 is 0 Å². The molecule has 0 spiro atoms. The molecule has 0 amide bonds. The van der Waals surface area contributed by atoms with Gasteiger partial charge in [-0.25, -0.2) is 4.79 Å². The van der Waals surface area contributed by atoms with E-state index in [9.17, 15) is 14.9 Å². The smallest absolute Gasteiger partial charge is 0.341 e. The van der Waals surface area contributed by atoms with E-state index in [-0.39, 0.29) is 28.6 Å². The van der Waals surface area contributed by atoms with Crippen LogP contribution in [0.5, 0.6) is 0 Å². The Bertz CT molecular complexity index is 850. The molecule has 0 saturated heterocycles. The van der Waals surface area contributed by atoms with Gasteiger partial charge >= 0.3 is 5.97 Å². The first-order chi connectivity index (χ1) is 12.3. The van der Waals surface area contributed by atoms with Crippen molar-refractivity contribution in [1.29, 1.82) is 0 Å². The number of nitro groups is 1. The van der Waals surface area contributed by atoms with Crippen LogP contribution in [0.1, 0.15) is 41.2 Å². The van der Waals surface area contributed by atoms with Crippen molar-refractivity contribution < 1.29 is 14.5 Å². The number of carbonyl (C=O) groups excluding carboxylic acids is 1.